The number of amides is 3. The van der Waals surface area contributed by atoms with Gasteiger partial charge in [-0.05, 0) is 31.0 Å². The van der Waals surface area contributed by atoms with Crippen LogP contribution in [-0.2, 0) is 9.59 Å². The zero-order valence-corrected chi connectivity index (χ0v) is 11.7. The fourth-order valence-electron chi connectivity index (χ4n) is 1.47. The van der Waals surface area contributed by atoms with Gasteiger partial charge in [0.25, 0.3) is 0 Å². The second-order valence-electron chi connectivity index (χ2n) is 4.21. The maximum absolute atomic E-state index is 11.6. The summed E-state index contributed by atoms with van der Waals surface area (Å²) in [7, 11) is 0. The summed E-state index contributed by atoms with van der Waals surface area (Å²) in [6.07, 6.45) is 0.0569. The molecule has 1 aromatic rings. The fourth-order valence-corrected chi connectivity index (χ4v) is 1.64. The summed E-state index contributed by atoms with van der Waals surface area (Å²) in [4.78, 5) is 33.3. The molecule has 108 valence electrons. The lowest BCUT2D eigenvalue weighted by Gasteiger charge is -2.09. The first-order valence-electron chi connectivity index (χ1n) is 5.97. The maximum Gasteiger partial charge on any atom is 0.325 e. The number of aryl methyl sites for hydroxylation is 1. The van der Waals surface area contributed by atoms with Crippen molar-refractivity contribution >= 4 is 35.2 Å². The minimum absolute atomic E-state index is 0.0196. The number of nitrogens with one attached hydrogen (secondary N) is 2. The number of hydrogen-bond donors (Lipinski definition) is 3. The van der Waals surface area contributed by atoms with Crippen molar-refractivity contribution in [2.24, 2.45) is 0 Å². The topological polar surface area (TPSA) is 95.5 Å². The van der Waals surface area contributed by atoms with Crippen molar-refractivity contribution in [1.29, 1.82) is 0 Å². The van der Waals surface area contributed by atoms with E-state index >= 15 is 0 Å². The van der Waals surface area contributed by atoms with Crippen LogP contribution in [0.5, 0.6) is 0 Å². The average Bonchev–Trinajstić information content (AvgIpc) is 2.33. The highest BCUT2D eigenvalue weighted by atomic mass is 35.5. The summed E-state index contributed by atoms with van der Waals surface area (Å²) in [6, 6.07) is 4.34. The molecular formula is C13H15ClN2O4. The van der Waals surface area contributed by atoms with Gasteiger partial charge in [0.05, 0.1) is 0 Å². The zero-order valence-electron chi connectivity index (χ0n) is 10.9. The Hall–Kier alpha value is -2.08. The number of carbonyl (C=O) groups excluding carboxylic acids is 2. The average molecular weight is 299 g/mol. The third-order valence-electron chi connectivity index (χ3n) is 2.50. The second kappa shape index (κ2) is 7.49. The van der Waals surface area contributed by atoms with Gasteiger partial charge in [-0.3, -0.25) is 14.9 Å². The molecule has 3 N–H and O–H groups in total. The molecule has 0 unspecified atom stereocenters. The van der Waals surface area contributed by atoms with E-state index in [1.54, 1.807) is 25.1 Å². The van der Waals surface area contributed by atoms with E-state index in [1.807, 2.05) is 0 Å². The van der Waals surface area contributed by atoms with E-state index in [9.17, 15) is 14.4 Å². The Morgan fingerprint density at radius 1 is 1.25 bits per heavy atom. The lowest BCUT2D eigenvalue weighted by Crippen LogP contribution is -2.34. The smallest absolute Gasteiger partial charge is 0.325 e. The minimum Gasteiger partial charge on any atom is -0.481 e. The summed E-state index contributed by atoms with van der Waals surface area (Å²) >= 11 is 5.81. The van der Waals surface area contributed by atoms with Crippen molar-refractivity contribution in [2.75, 3.05) is 5.32 Å². The van der Waals surface area contributed by atoms with Gasteiger partial charge < -0.3 is 10.4 Å². The number of carboxylic acids is 1. The molecule has 0 bridgehead atoms. The van der Waals surface area contributed by atoms with E-state index in [0.29, 0.717) is 10.7 Å². The highest BCUT2D eigenvalue weighted by Crippen LogP contribution is 2.19. The first-order chi connectivity index (χ1) is 9.38. The van der Waals surface area contributed by atoms with Crippen LogP contribution in [0.4, 0.5) is 10.5 Å². The molecule has 0 fully saturated rings. The number of urea groups is 1. The third-order valence-corrected chi connectivity index (χ3v) is 2.73. The highest BCUT2D eigenvalue weighted by molar-refractivity contribution is 6.31. The van der Waals surface area contributed by atoms with Crippen molar-refractivity contribution in [2.45, 2.75) is 26.2 Å². The van der Waals surface area contributed by atoms with Crippen LogP contribution < -0.4 is 10.6 Å². The molecule has 0 aliphatic heterocycles. The molecule has 0 aromatic heterocycles. The van der Waals surface area contributed by atoms with Crippen molar-refractivity contribution in [1.82, 2.24) is 5.32 Å². The number of hydrogen-bond acceptors (Lipinski definition) is 3. The highest BCUT2D eigenvalue weighted by Gasteiger charge is 2.10. The predicted molar refractivity (Wildman–Crippen MR) is 74.8 cm³/mol. The Kier molecular flexibility index (Phi) is 5.99. The Morgan fingerprint density at radius 3 is 2.60 bits per heavy atom. The Balaban J connectivity index is 2.45. The Bertz CT molecular complexity index is 531. The Morgan fingerprint density at radius 2 is 1.95 bits per heavy atom. The van der Waals surface area contributed by atoms with Gasteiger partial charge in [0.2, 0.25) is 5.91 Å². The standard InChI is InChI=1S/C13H15ClN2O4/c1-8-5-6-9(14)7-10(8)15-13(20)16-11(17)3-2-4-12(18)19/h5-7H,2-4H2,1H3,(H,18,19)(H2,15,16,17,20). The van der Waals surface area contributed by atoms with Gasteiger partial charge in [0.1, 0.15) is 0 Å². The fraction of sp³-hybridized carbons (Fsp3) is 0.308. The molecule has 1 aromatic carbocycles. The quantitative estimate of drug-likeness (QED) is 0.778. The molecule has 20 heavy (non-hydrogen) atoms. The zero-order chi connectivity index (χ0) is 15.1. The largest absolute Gasteiger partial charge is 0.481 e. The van der Waals surface area contributed by atoms with Crippen LogP contribution in [0.25, 0.3) is 0 Å². The molecule has 0 saturated carbocycles. The molecular weight excluding hydrogens is 284 g/mol. The lowest BCUT2D eigenvalue weighted by atomic mass is 10.2. The number of imide groups is 1. The molecule has 7 heteroatoms. The monoisotopic (exact) mass is 298 g/mol. The SMILES string of the molecule is Cc1ccc(Cl)cc1NC(=O)NC(=O)CCCC(=O)O. The van der Waals surface area contributed by atoms with Gasteiger partial charge in [-0.2, -0.15) is 0 Å². The number of carboxylic acid groups (broad SMARTS) is 1. The second-order valence-corrected chi connectivity index (χ2v) is 4.65. The summed E-state index contributed by atoms with van der Waals surface area (Å²) < 4.78 is 0. The van der Waals surface area contributed by atoms with Crippen molar-refractivity contribution in [3.63, 3.8) is 0 Å². The van der Waals surface area contributed by atoms with Crippen LogP contribution in [0.2, 0.25) is 5.02 Å². The third kappa shape index (κ3) is 5.71. The first-order valence-corrected chi connectivity index (χ1v) is 6.35. The molecule has 0 saturated heterocycles. The van der Waals surface area contributed by atoms with Gasteiger partial charge >= 0.3 is 12.0 Å². The molecule has 0 heterocycles. The molecule has 0 aliphatic rings. The van der Waals surface area contributed by atoms with Gasteiger partial charge in [-0.15, -0.1) is 0 Å². The predicted octanol–water partition coefficient (Wildman–Crippen LogP) is 2.55. The van der Waals surface area contributed by atoms with Crippen molar-refractivity contribution in [3.05, 3.63) is 28.8 Å². The van der Waals surface area contributed by atoms with E-state index in [1.165, 1.54) is 0 Å². The number of benzene rings is 1. The van der Waals surface area contributed by atoms with Crippen LogP contribution in [0.3, 0.4) is 0 Å². The first kappa shape index (κ1) is 16.0. The number of halogens is 1. The van der Waals surface area contributed by atoms with E-state index in [4.69, 9.17) is 16.7 Å². The summed E-state index contributed by atoms with van der Waals surface area (Å²) in [5.41, 5.74) is 1.32. The van der Waals surface area contributed by atoms with Crippen LogP contribution in [0.1, 0.15) is 24.8 Å². The minimum atomic E-state index is -0.975. The normalized spacial score (nSPS) is 9.90. The van der Waals surface area contributed by atoms with Crippen LogP contribution in [0.15, 0.2) is 18.2 Å². The molecule has 6 nitrogen and oxygen atoms in total. The van der Waals surface area contributed by atoms with Crippen LogP contribution in [0, 0.1) is 6.92 Å². The molecule has 0 spiro atoms. The molecule has 0 radical (unpaired) electrons. The summed E-state index contributed by atoms with van der Waals surface area (Å²) in [6.45, 7) is 1.79. The number of rotatable bonds is 5. The summed E-state index contributed by atoms with van der Waals surface area (Å²) in [5.74, 6) is -1.50. The van der Waals surface area contributed by atoms with Crippen LogP contribution in [-0.4, -0.2) is 23.0 Å². The molecule has 1 rings (SSSR count). The van der Waals surface area contributed by atoms with Gasteiger partial charge in [-0.1, -0.05) is 17.7 Å². The van der Waals surface area contributed by atoms with Crippen LogP contribution >= 0.6 is 11.6 Å². The van der Waals surface area contributed by atoms with E-state index < -0.39 is 17.9 Å². The number of aliphatic carboxylic acids is 1. The molecule has 3 amide bonds. The number of anilines is 1. The molecule has 0 aliphatic carbocycles. The van der Waals surface area contributed by atoms with Gasteiger partial charge in [0.15, 0.2) is 0 Å². The molecule has 0 atom stereocenters. The van der Waals surface area contributed by atoms with Crippen molar-refractivity contribution in [3.8, 4) is 0 Å². The van der Waals surface area contributed by atoms with Gasteiger partial charge in [0, 0.05) is 23.6 Å². The maximum atomic E-state index is 11.6. The van der Waals surface area contributed by atoms with E-state index in [2.05, 4.69) is 10.6 Å². The van der Waals surface area contributed by atoms with Gasteiger partial charge in [-0.25, -0.2) is 4.79 Å². The van der Waals surface area contributed by atoms with E-state index in [0.717, 1.165) is 5.56 Å². The lowest BCUT2D eigenvalue weighted by molar-refractivity contribution is -0.137. The number of carbonyl (C=O) groups is 3. The summed E-state index contributed by atoms with van der Waals surface area (Å²) in [5, 5.41) is 13.5. The van der Waals surface area contributed by atoms with E-state index in [-0.39, 0.29) is 19.3 Å². The Labute approximate surface area is 121 Å². The van der Waals surface area contributed by atoms with Crippen molar-refractivity contribution < 1.29 is 19.5 Å².